The van der Waals surface area contributed by atoms with Crippen molar-refractivity contribution in [2.24, 2.45) is 0 Å². The minimum atomic E-state index is 0.240. The predicted octanol–water partition coefficient (Wildman–Crippen LogP) is 4.85. The Labute approximate surface area is 101 Å². The molecule has 2 rings (SSSR count). The van der Waals surface area contributed by atoms with Crippen LogP contribution in [0.15, 0.2) is 18.3 Å². The molecule has 5 heteroatoms. The number of hydrogen-bond acceptors (Lipinski definition) is 1. The summed E-state index contributed by atoms with van der Waals surface area (Å²) in [4.78, 5) is 4.08. The first-order valence-electron chi connectivity index (χ1n) is 3.69. The SMILES string of the molecule is Clc1c(Cl)c(Cl)c2ncccc2c1Cl. The molecule has 1 aromatic heterocycles. The summed E-state index contributed by atoms with van der Waals surface area (Å²) in [6.07, 6.45) is 1.62. The molecular weight excluding hydrogens is 264 g/mol. The maximum absolute atomic E-state index is 5.99. The van der Waals surface area contributed by atoms with Crippen molar-refractivity contribution in [3.8, 4) is 0 Å². The summed E-state index contributed by atoms with van der Waals surface area (Å²) < 4.78 is 0. The number of nitrogens with zero attached hydrogens (tertiary/aromatic N) is 1. The molecule has 1 heterocycles. The molecule has 0 bridgehead atoms. The lowest BCUT2D eigenvalue weighted by Gasteiger charge is -2.06. The van der Waals surface area contributed by atoms with Gasteiger partial charge in [0, 0.05) is 11.6 Å². The topological polar surface area (TPSA) is 12.9 Å². The molecule has 72 valence electrons. The first-order valence-corrected chi connectivity index (χ1v) is 5.20. The third-order valence-corrected chi connectivity index (χ3v) is 3.64. The van der Waals surface area contributed by atoms with Gasteiger partial charge in [-0.2, -0.15) is 0 Å². The summed E-state index contributed by atoms with van der Waals surface area (Å²) in [5.74, 6) is 0. The molecule has 0 aliphatic heterocycles. The van der Waals surface area contributed by atoms with Gasteiger partial charge >= 0.3 is 0 Å². The molecule has 2 aromatic rings. The van der Waals surface area contributed by atoms with Gasteiger partial charge in [0.2, 0.25) is 0 Å². The highest BCUT2D eigenvalue weighted by atomic mass is 35.5. The van der Waals surface area contributed by atoms with E-state index in [0.29, 0.717) is 20.9 Å². The lowest BCUT2D eigenvalue weighted by molar-refractivity contribution is 1.41. The summed E-state index contributed by atoms with van der Waals surface area (Å²) in [5, 5.41) is 1.91. The van der Waals surface area contributed by atoms with E-state index in [1.54, 1.807) is 18.3 Å². The van der Waals surface area contributed by atoms with Crippen molar-refractivity contribution in [1.82, 2.24) is 4.98 Å². The molecule has 0 N–H and O–H groups in total. The minimum absolute atomic E-state index is 0.240. The van der Waals surface area contributed by atoms with Crippen LogP contribution in [0.2, 0.25) is 20.1 Å². The van der Waals surface area contributed by atoms with Gasteiger partial charge in [-0.1, -0.05) is 46.4 Å². The Morgan fingerprint density at radius 3 is 2.21 bits per heavy atom. The Morgan fingerprint density at radius 2 is 1.50 bits per heavy atom. The molecule has 0 aliphatic rings. The molecule has 0 fully saturated rings. The molecule has 1 nitrogen and oxygen atoms in total. The van der Waals surface area contributed by atoms with Crippen LogP contribution in [-0.4, -0.2) is 4.98 Å². The van der Waals surface area contributed by atoms with E-state index in [1.165, 1.54) is 0 Å². The Bertz CT molecular complexity index is 463. The zero-order valence-corrected chi connectivity index (χ0v) is 9.71. The van der Waals surface area contributed by atoms with Gasteiger partial charge in [0.25, 0.3) is 0 Å². The van der Waals surface area contributed by atoms with Crippen molar-refractivity contribution in [1.29, 1.82) is 0 Å². The fourth-order valence-electron chi connectivity index (χ4n) is 1.17. The summed E-state index contributed by atoms with van der Waals surface area (Å²) in [5.41, 5.74) is 0.563. The van der Waals surface area contributed by atoms with Crippen LogP contribution in [0.5, 0.6) is 0 Å². The van der Waals surface area contributed by atoms with Crippen molar-refractivity contribution < 1.29 is 0 Å². The van der Waals surface area contributed by atoms with Gasteiger partial charge in [-0.05, 0) is 12.1 Å². The quantitative estimate of drug-likeness (QED) is 0.491. The molecule has 0 saturated carbocycles. The first-order chi connectivity index (χ1) is 6.63. The largest absolute Gasteiger partial charge is 0.255 e. The van der Waals surface area contributed by atoms with Gasteiger partial charge in [-0.3, -0.25) is 4.98 Å². The van der Waals surface area contributed by atoms with E-state index in [9.17, 15) is 0 Å². The Kier molecular flexibility index (Phi) is 2.76. The molecule has 0 unspecified atom stereocenters. The second-order valence-electron chi connectivity index (χ2n) is 2.66. The van der Waals surface area contributed by atoms with Crippen molar-refractivity contribution >= 4 is 57.3 Å². The molecule has 0 amide bonds. The van der Waals surface area contributed by atoms with Crippen LogP contribution in [0.3, 0.4) is 0 Å². The van der Waals surface area contributed by atoms with Crippen molar-refractivity contribution in [2.75, 3.05) is 0 Å². The zero-order valence-electron chi connectivity index (χ0n) is 6.69. The maximum atomic E-state index is 5.99. The van der Waals surface area contributed by atoms with Gasteiger partial charge in [-0.25, -0.2) is 0 Å². The van der Waals surface area contributed by atoms with Crippen LogP contribution >= 0.6 is 46.4 Å². The van der Waals surface area contributed by atoms with E-state index in [-0.39, 0.29) is 10.0 Å². The van der Waals surface area contributed by atoms with E-state index >= 15 is 0 Å². The third kappa shape index (κ3) is 1.45. The average Bonchev–Trinajstić information content (AvgIpc) is 2.23. The second kappa shape index (κ2) is 3.74. The van der Waals surface area contributed by atoms with Gasteiger partial charge < -0.3 is 0 Å². The lowest BCUT2D eigenvalue weighted by atomic mass is 10.2. The van der Waals surface area contributed by atoms with Gasteiger partial charge in [0.1, 0.15) is 0 Å². The van der Waals surface area contributed by atoms with E-state index in [0.717, 1.165) is 0 Å². The van der Waals surface area contributed by atoms with Crippen molar-refractivity contribution in [2.45, 2.75) is 0 Å². The third-order valence-electron chi connectivity index (χ3n) is 1.83. The van der Waals surface area contributed by atoms with E-state index in [1.807, 2.05) is 0 Å². The Morgan fingerprint density at radius 1 is 0.857 bits per heavy atom. The van der Waals surface area contributed by atoms with Gasteiger partial charge in [0.05, 0.1) is 25.6 Å². The smallest absolute Gasteiger partial charge is 0.0919 e. The lowest BCUT2D eigenvalue weighted by Crippen LogP contribution is -1.83. The highest BCUT2D eigenvalue weighted by molar-refractivity contribution is 6.55. The number of pyridine rings is 1. The number of hydrogen-bond donors (Lipinski definition) is 0. The Balaban J connectivity index is 3.02. The van der Waals surface area contributed by atoms with Crippen LogP contribution in [0, 0.1) is 0 Å². The number of halogens is 4. The first kappa shape index (κ1) is 10.3. The standard InChI is InChI=1S/C9H3Cl4N/c10-5-4-2-1-3-14-9(4)8(13)7(12)6(5)11/h1-3H. The molecular formula is C9H3Cl4N. The minimum Gasteiger partial charge on any atom is -0.255 e. The average molecular weight is 267 g/mol. The number of rotatable bonds is 0. The normalized spacial score (nSPS) is 10.9. The predicted molar refractivity (Wildman–Crippen MR) is 61.8 cm³/mol. The van der Waals surface area contributed by atoms with Crippen LogP contribution in [-0.2, 0) is 0 Å². The van der Waals surface area contributed by atoms with Gasteiger partial charge in [-0.15, -0.1) is 0 Å². The zero-order chi connectivity index (χ0) is 10.3. The summed E-state index contributed by atoms with van der Waals surface area (Å²) in [6, 6.07) is 3.55. The van der Waals surface area contributed by atoms with E-state index in [2.05, 4.69) is 4.98 Å². The molecule has 0 aliphatic carbocycles. The molecule has 0 radical (unpaired) electrons. The van der Waals surface area contributed by atoms with Crippen molar-refractivity contribution in [3.63, 3.8) is 0 Å². The molecule has 0 atom stereocenters. The highest BCUT2D eigenvalue weighted by Gasteiger charge is 2.14. The van der Waals surface area contributed by atoms with Crippen LogP contribution in [0.1, 0.15) is 0 Å². The number of aromatic nitrogens is 1. The second-order valence-corrected chi connectivity index (χ2v) is 4.17. The summed E-state index contributed by atoms with van der Waals surface area (Å²) >= 11 is 23.7. The molecule has 0 saturated heterocycles. The fourth-order valence-corrected chi connectivity index (χ4v) is 2.14. The van der Waals surface area contributed by atoms with Crippen LogP contribution < -0.4 is 0 Å². The molecule has 14 heavy (non-hydrogen) atoms. The summed E-state index contributed by atoms with van der Waals surface area (Å²) in [7, 11) is 0. The monoisotopic (exact) mass is 265 g/mol. The molecule has 0 spiro atoms. The Hall–Kier alpha value is -0.210. The van der Waals surface area contributed by atoms with E-state index < -0.39 is 0 Å². The fraction of sp³-hybridized carbons (Fsp3) is 0. The van der Waals surface area contributed by atoms with Crippen LogP contribution in [0.25, 0.3) is 10.9 Å². The highest BCUT2D eigenvalue weighted by Crippen LogP contribution is 2.41. The number of benzene rings is 1. The molecule has 1 aromatic carbocycles. The van der Waals surface area contributed by atoms with Crippen LogP contribution in [0.4, 0.5) is 0 Å². The number of fused-ring (bicyclic) bond motifs is 1. The summed E-state index contributed by atoms with van der Waals surface area (Å²) in [6.45, 7) is 0. The van der Waals surface area contributed by atoms with E-state index in [4.69, 9.17) is 46.4 Å². The van der Waals surface area contributed by atoms with Gasteiger partial charge in [0.15, 0.2) is 0 Å². The maximum Gasteiger partial charge on any atom is 0.0919 e. The van der Waals surface area contributed by atoms with Crippen molar-refractivity contribution in [3.05, 3.63) is 38.4 Å².